The summed E-state index contributed by atoms with van der Waals surface area (Å²) < 4.78 is 18.4. The molecular formula is C20H14FN3O2S. The summed E-state index contributed by atoms with van der Waals surface area (Å²) in [7, 11) is 0. The number of aryl methyl sites for hydroxylation is 1. The molecule has 2 heterocycles. The Labute approximate surface area is 158 Å². The summed E-state index contributed by atoms with van der Waals surface area (Å²) in [6, 6.07) is 14.9. The van der Waals surface area contributed by atoms with Crippen LogP contribution in [0, 0.1) is 12.7 Å². The van der Waals surface area contributed by atoms with Gasteiger partial charge in [0.1, 0.15) is 10.7 Å². The van der Waals surface area contributed by atoms with Gasteiger partial charge in [-0.15, -0.1) is 11.3 Å². The minimum atomic E-state index is -0.391. The maximum atomic E-state index is 13.0. The Morgan fingerprint density at radius 1 is 1.07 bits per heavy atom. The van der Waals surface area contributed by atoms with E-state index in [1.165, 1.54) is 35.6 Å². The summed E-state index contributed by atoms with van der Waals surface area (Å²) in [4.78, 5) is 17.5. The number of amides is 1. The minimum absolute atomic E-state index is 0.329. The third kappa shape index (κ3) is 3.63. The van der Waals surface area contributed by atoms with Gasteiger partial charge in [0.2, 0.25) is 5.82 Å². The SMILES string of the molecule is Cc1ccc(-c2noc(-c3sccc3NC(=O)c3ccc(F)cc3)n2)cc1. The number of carbonyl (C=O) groups is 1. The van der Waals surface area contributed by atoms with Crippen LogP contribution in [0.3, 0.4) is 0 Å². The van der Waals surface area contributed by atoms with E-state index < -0.39 is 5.82 Å². The fraction of sp³-hybridized carbons (Fsp3) is 0.0500. The van der Waals surface area contributed by atoms with E-state index in [0.29, 0.717) is 27.8 Å². The van der Waals surface area contributed by atoms with E-state index >= 15 is 0 Å². The van der Waals surface area contributed by atoms with Crippen LogP contribution in [0.5, 0.6) is 0 Å². The minimum Gasteiger partial charge on any atom is -0.333 e. The molecule has 134 valence electrons. The van der Waals surface area contributed by atoms with Crippen LogP contribution < -0.4 is 5.32 Å². The van der Waals surface area contributed by atoms with Crippen LogP contribution in [-0.2, 0) is 0 Å². The van der Waals surface area contributed by atoms with Crippen molar-refractivity contribution >= 4 is 22.9 Å². The summed E-state index contributed by atoms with van der Waals surface area (Å²) in [5, 5.41) is 8.65. The third-order valence-corrected chi connectivity index (χ3v) is 4.85. The van der Waals surface area contributed by atoms with E-state index in [0.717, 1.165) is 11.1 Å². The smallest absolute Gasteiger partial charge is 0.270 e. The first-order chi connectivity index (χ1) is 13.1. The van der Waals surface area contributed by atoms with Crippen LogP contribution in [0.25, 0.3) is 22.2 Å². The monoisotopic (exact) mass is 379 g/mol. The van der Waals surface area contributed by atoms with Gasteiger partial charge in [0.05, 0.1) is 5.69 Å². The van der Waals surface area contributed by atoms with Crippen LogP contribution in [-0.4, -0.2) is 16.0 Å². The molecule has 7 heteroatoms. The lowest BCUT2D eigenvalue weighted by atomic mass is 10.1. The van der Waals surface area contributed by atoms with Crippen molar-refractivity contribution in [3.05, 3.63) is 76.9 Å². The number of rotatable bonds is 4. The van der Waals surface area contributed by atoms with Gasteiger partial charge in [0.15, 0.2) is 0 Å². The highest BCUT2D eigenvalue weighted by atomic mass is 32.1. The molecule has 0 unspecified atom stereocenters. The zero-order chi connectivity index (χ0) is 18.8. The normalized spacial score (nSPS) is 10.7. The van der Waals surface area contributed by atoms with Gasteiger partial charge >= 0.3 is 0 Å². The lowest BCUT2D eigenvalue weighted by molar-refractivity contribution is 0.102. The lowest BCUT2D eigenvalue weighted by Crippen LogP contribution is -2.11. The number of anilines is 1. The zero-order valence-corrected chi connectivity index (χ0v) is 15.1. The van der Waals surface area contributed by atoms with Crippen molar-refractivity contribution < 1.29 is 13.7 Å². The number of thiophene rings is 1. The second-order valence-corrected chi connectivity index (χ2v) is 6.83. The molecule has 4 rings (SSSR count). The number of benzene rings is 2. The van der Waals surface area contributed by atoms with Gasteiger partial charge in [0.25, 0.3) is 11.8 Å². The standard InChI is InChI=1S/C20H14FN3O2S/c1-12-2-4-13(5-3-12)18-23-20(26-24-18)17-16(10-11-27-17)22-19(25)14-6-8-15(21)9-7-14/h2-11H,1H3,(H,22,25). The van der Waals surface area contributed by atoms with E-state index in [1.54, 1.807) is 6.07 Å². The number of nitrogens with zero attached hydrogens (tertiary/aromatic N) is 2. The second-order valence-electron chi connectivity index (χ2n) is 5.91. The zero-order valence-electron chi connectivity index (χ0n) is 14.3. The van der Waals surface area contributed by atoms with Crippen molar-refractivity contribution in [1.82, 2.24) is 10.1 Å². The van der Waals surface area contributed by atoms with Crippen LogP contribution in [0.15, 0.2) is 64.5 Å². The Kier molecular flexibility index (Phi) is 4.52. The Hall–Kier alpha value is -3.32. The van der Waals surface area contributed by atoms with E-state index in [4.69, 9.17) is 4.52 Å². The first-order valence-corrected chi connectivity index (χ1v) is 9.03. The molecule has 0 atom stereocenters. The largest absolute Gasteiger partial charge is 0.333 e. The molecule has 2 aromatic heterocycles. The van der Waals surface area contributed by atoms with Gasteiger partial charge in [-0.1, -0.05) is 35.0 Å². The molecule has 27 heavy (non-hydrogen) atoms. The van der Waals surface area contributed by atoms with Crippen molar-refractivity contribution in [2.45, 2.75) is 6.92 Å². The van der Waals surface area contributed by atoms with E-state index in [9.17, 15) is 9.18 Å². The average Bonchev–Trinajstić information content (AvgIpc) is 3.32. The van der Waals surface area contributed by atoms with Crippen LogP contribution in [0.4, 0.5) is 10.1 Å². The number of nitrogens with one attached hydrogen (secondary N) is 1. The fourth-order valence-electron chi connectivity index (χ4n) is 2.50. The molecule has 2 aromatic carbocycles. The summed E-state index contributed by atoms with van der Waals surface area (Å²) in [6.07, 6.45) is 0. The summed E-state index contributed by atoms with van der Waals surface area (Å²) >= 11 is 1.38. The molecule has 0 saturated carbocycles. The van der Waals surface area contributed by atoms with Crippen molar-refractivity contribution in [3.63, 3.8) is 0 Å². The number of hydrogen-bond acceptors (Lipinski definition) is 5. The van der Waals surface area contributed by atoms with E-state index in [-0.39, 0.29) is 5.91 Å². The topological polar surface area (TPSA) is 68.0 Å². The molecule has 1 amide bonds. The predicted octanol–water partition coefficient (Wildman–Crippen LogP) is 5.16. The lowest BCUT2D eigenvalue weighted by Gasteiger charge is -2.04. The maximum absolute atomic E-state index is 13.0. The number of halogens is 1. The highest BCUT2D eigenvalue weighted by Gasteiger charge is 2.17. The van der Waals surface area contributed by atoms with Gasteiger partial charge in [-0.3, -0.25) is 4.79 Å². The first-order valence-electron chi connectivity index (χ1n) is 8.16. The van der Waals surface area contributed by atoms with Gasteiger partial charge in [-0.2, -0.15) is 4.98 Å². The Bertz CT molecular complexity index is 1090. The average molecular weight is 379 g/mol. The maximum Gasteiger partial charge on any atom is 0.270 e. The molecule has 0 aliphatic rings. The Morgan fingerprint density at radius 3 is 2.56 bits per heavy atom. The number of hydrogen-bond donors (Lipinski definition) is 1. The second kappa shape index (κ2) is 7.13. The van der Waals surface area contributed by atoms with Crippen LogP contribution >= 0.6 is 11.3 Å². The molecule has 0 aliphatic carbocycles. The Balaban J connectivity index is 1.58. The summed E-state index contributed by atoms with van der Waals surface area (Å²) in [5.41, 5.74) is 2.92. The molecule has 0 aliphatic heterocycles. The van der Waals surface area contributed by atoms with Crippen molar-refractivity contribution in [1.29, 1.82) is 0 Å². The first kappa shape index (κ1) is 17.1. The molecule has 0 fully saturated rings. The summed E-state index contributed by atoms with van der Waals surface area (Å²) in [5.74, 6) is 0.0781. The van der Waals surface area contributed by atoms with Gasteiger partial charge in [-0.25, -0.2) is 4.39 Å². The summed E-state index contributed by atoms with van der Waals surface area (Å²) in [6.45, 7) is 2.01. The van der Waals surface area contributed by atoms with Crippen LogP contribution in [0.1, 0.15) is 15.9 Å². The molecule has 0 spiro atoms. The highest BCUT2D eigenvalue weighted by molar-refractivity contribution is 7.14. The number of aromatic nitrogens is 2. The van der Waals surface area contributed by atoms with Crippen molar-refractivity contribution in [2.75, 3.05) is 5.32 Å². The van der Waals surface area contributed by atoms with E-state index in [2.05, 4.69) is 15.5 Å². The molecule has 0 saturated heterocycles. The van der Waals surface area contributed by atoms with Gasteiger partial charge in [-0.05, 0) is 42.6 Å². The molecule has 5 nitrogen and oxygen atoms in total. The third-order valence-electron chi connectivity index (χ3n) is 3.95. The molecule has 0 radical (unpaired) electrons. The quantitative estimate of drug-likeness (QED) is 0.531. The highest BCUT2D eigenvalue weighted by Crippen LogP contribution is 2.34. The Morgan fingerprint density at radius 2 is 1.81 bits per heavy atom. The van der Waals surface area contributed by atoms with Crippen LogP contribution in [0.2, 0.25) is 0 Å². The molecule has 4 aromatic rings. The van der Waals surface area contributed by atoms with Gasteiger partial charge in [0, 0.05) is 11.1 Å². The molecular weight excluding hydrogens is 365 g/mol. The van der Waals surface area contributed by atoms with Crippen molar-refractivity contribution in [3.8, 4) is 22.2 Å². The predicted molar refractivity (Wildman–Crippen MR) is 102 cm³/mol. The molecule has 0 bridgehead atoms. The van der Waals surface area contributed by atoms with Gasteiger partial charge < -0.3 is 9.84 Å². The fourth-order valence-corrected chi connectivity index (χ4v) is 3.27. The molecule has 1 N–H and O–H groups in total. The van der Waals surface area contributed by atoms with Crippen molar-refractivity contribution in [2.24, 2.45) is 0 Å². The number of carbonyl (C=O) groups excluding carboxylic acids is 1. The van der Waals surface area contributed by atoms with E-state index in [1.807, 2.05) is 36.6 Å².